The number of hydrogen-bond donors (Lipinski definition) is 1. The average molecular weight is 403 g/mol. The molecule has 1 aliphatic heterocycles. The first-order chi connectivity index (χ1) is 13.4. The summed E-state index contributed by atoms with van der Waals surface area (Å²) in [6.07, 6.45) is 2.80. The minimum atomic E-state index is -3.57. The quantitative estimate of drug-likeness (QED) is 0.804. The molecule has 1 amide bonds. The molecular formula is C21H26N2O4S. The molecule has 1 heterocycles. The molecule has 28 heavy (non-hydrogen) atoms. The highest BCUT2D eigenvalue weighted by molar-refractivity contribution is 7.89. The summed E-state index contributed by atoms with van der Waals surface area (Å²) in [6, 6.07) is 13.5. The lowest BCUT2D eigenvalue weighted by Crippen LogP contribution is -2.35. The molecule has 3 rings (SSSR count). The van der Waals surface area contributed by atoms with E-state index in [4.69, 9.17) is 4.74 Å². The highest BCUT2D eigenvalue weighted by Crippen LogP contribution is 2.22. The fourth-order valence-electron chi connectivity index (χ4n) is 3.31. The molecule has 1 fully saturated rings. The van der Waals surface area contributed by atoms with Gasteiger partial charge in [0.05, 0.1) is 18.0 Å². The summed E-state index contributed by atoms with van der Waals surface area (Å²) < 4.78 is 32.4. The first-order valence-corrected chi connectivity index (χ1v) is 10.9. The van der Waals surface area contributed by atoms with Crippen molar-refractivity contribution in [1.82, 2.24) is 9.62 Å². The summed E-state index contributed by atoms with van der Waals surface area (Å²) in [6.45, 7) is 2.95. The molecular weight excluding hydrogens is 376 g/mol. The van der Waals surface area contributed by atoms with E-state index in [0.29, 0.717) is 18.7 Å². The zero-order valence-electron chi connectivity index (χ0n) is 16.2. The number of hydrogen-bond acceptors (Lipinski definition) is 4. The Morgan fingerprint density at radius 1 is 1.07 bits per heavy atom. The molecule has 2 aromatic rings. The second-order valence-corrected chi connectivity index (χ2v) is 8.90. The lowest BCUT2D eigenvalue weighted by Gasteiger charge is -2.26. The molecule has 0 saturated carbocycles. The predicted octanol–water partition coefficient (Wildman–Crippen LogP) is 3.36. The molecule has 0 spiro atoms. The van der Waals surface area contributed by atoms with E-state index in [2.05, 4.69) is 5.32 Å². The summed E-state index contributed by atoms with van der Waals surface area (Å²) in [4.78, 5) is 12.8. The van der Waals surface area contributed by atoms with Crippen molar-refractivity contribution in [1.29, 1.82) is 0 Å². The number of ether oxygens (including phenoxy) is 1. The van der Waals surface area contributed by atoms with E-state index in [0.717, 1.165) is 30.6 Å². The number of benzene rings is 2. The second-order valence-electron chi connectivity index (χ2n) is 6.96. The first-order valence-electron chi connectivity index (χ1n) is 9.47. The zero-order chi connectivity index (χ0) is 20.1. The predicted molar refractivity (Wildman–Crippen MR) is 108 cm³/mol. The van der Waals surface area contributed by atoms with Crippen molar-refractivity contribution in [3.63, 3.8) is 0 Å². The van der Waals surface area contributed by atoms with Crippen LogP contribution in [-0.4, -0.2) is 38.8 Å². The van der Waals surface area contributed by atoms with Crippen LogP contribution in [-0.2, 0) is 10.0 Å². The topological polar surface area (TPSA) is 75.7 Å². The molecule has 1 aliphatic rings. The number of nitrogens with one attached hydrogen (secondary N) is 1. The maximum atomic E-state index is 12.8. The molecule has 0 aromatic heterocycles. The van der Waals surface area contributed by atoms with Crippen molar-refractivity contribution in [2.75, 3.05) is 20.2 Å². The van der Waals surface area contributed by atoms with E-state index in [1.54, 1.807) is 25.3 Å². The summed E-state index contributed by atoms with van der Waals surface area (Å²) in [5.74, 6) is 0.442. The molecule has 1 N–H and O–H groups in total. The highest BCUT2D eigenvalue weighted by Gasteiger charge is 2.26. The van der Waals surface area contributed by atoms with E-state index in [9.17, 15) is 13.2 Å². The van der Waals surface area contributed by atoms with E-state index in [1.165, 1.54) is 10.4 Å². The fraction of sp³-hybridized carbons (Fsp3) is 0.381. The van der Waals surface area contributed by atoms with Gasteiger partial charge in [-0.1, -0.05) is 24.6 Å². The third kappa shape index (κ3) is 4.54. The van der Waals surface area contributed by atoms with Gasteiger partial charge in [-0.25, -0.2) is 8.42 Å². The molecule has 0 bridgehead atoms. The first kappa shape index (κ1) is 20.4. The maximum absolute atomic E-state index is 12.8. The van der Waals surface area contributed by atoms with Crippen LogP contribution in [0.1, 0.15) is 48.1 Å². The van der Waals surface area contributed by atoms with Gasteiger partial charge in [0.1, 0.15) is 5.75 Å². The van der Waals surface area contributed by atoms with Crippen molar-refractivity contribution >= 4 is 15.9 Å². The normalized spacial score (nSPS) is 16.4. The molecule has 6 nitrogen and oxygen atoms in total. The number of carbonyl (C=O) groups is 1. The number of piperidine rings is 1. The standard InChI is InChI=1S/C21H26N2O4S/c1-16(17-9-11-19(27-2)12-10-17)22-21(24)18-7-6-8-20(15-18)28(25,26)23-13-4-3-5-14-23/h6-12,15-16H,3-5,13-14H2,1-2H3,(H,22,24)/t16-/m0/s1. The van der Waals surface area contributed by atoms with Gasteiger partial charge in [0, 0.05) is 18.7 Å². The van der Waals surface area contributed by atoms with Crippen LogP contribution in [0.5, 0.6) is 5.75 Å². The molecule has 0 aliphatic carbocycles. The number of carbonyl (C=O) groups excluding carboxylic acids is 1. The van der Waals surface area contributed by atoms with Crippen molar-refractivity contribution in [2.45, 2.75) is 37.1 Å². The Morgan fingerprint density at radius 2 is 1.75 bits per heavy atom. The van der Waals surface area contributed by atoms with E-state index in [-0.39, 0.29) is 16.8 Å². The van der Waals surface area contributed by atoms with Crippen LogP contribution in [0, 0.1) is 0 Å². The zero-order valence-corrected chi connectivity index (χ0v) is 17.0. The van der Waals surface area contributed by atoms with E-state index < -0.39 is 10.0 Å². The molecule has 0 unspecified atom stereocenters. The third-order valence-electron chi connectivity index (χ3n) is 5.01. The van der Waals surface area contributed by atoms with E-state index in [1.807, 2.05) is 31.2 Å². The average Bonchev–Trinajstić information content (AvgIpc) is 2.74. The summed E-state index contributed by atoms with van der Waals surface area (Å²) in [7, 11) is -1.96. The lowest BCUT2D eigenvalue weighted by molar-refractivity contribution is 0.0939. The van der Waals surface area contributed by atoms with Gasteiger partial charge in [0.15, 0.2) is 0 Å². The van der Waals surface area contributed by atoms with Crippen molar-refractivity contribution < 1.29 is 17.9 Å². The Balaban J connectivity index is 1.74. The van der Waals surface area contributed by atoms with Gasteiger partial charge in [-0.05, 0) is 55.7 Å². The van der Waals surface area contributed by atoms with Crippen LogP contribution in [0.25, 0.3) is 0 Å². The van der Waals surface area contributed by atoms with Gasteiger partial charge >= 0.3 is 0 Å². The van der Waals surface area contributed by atoms with Crippen LogP contribution in [0.4, 0.5) is 0 Å². The molecule has 1 atom stereocenters. The van der Waals surface area contributed by atoms with Crippen LogP contribution in [0.3, 0.4) is 0 Å². The van der Waals surface area contributed by atoms with Crippen LogP contribution in [0.2, 0.25) is 0 Å². The number of rotatable bonds is 6. The van der Waals surface area contributed by atoms with E-state index >= 15 is 0 Å². The van der Waals surface area contributed by atoms with Gasteiger partial charge in [-0.3, -0.25) is 4.79 Å². The van der Waals surface area contributed by atoms with Crippen molar-refractivity contribution in [2.24, 2.45) is 0 Å². The van der Waals surface area contributed by atoms with Gasteiger partial charge in [0.2, 0.25) is 10.0 Å². The Kier molecular flexibility index (Phi) is 6.36. The summed E-state index contributed by atoms with van der Waals surface area (Å²) in [5, 5.41) is 2.92. The number of sulfonamides is 1. The summed E-state index contributed by atoms with van der Waals surface area (Å²) in [5.41, 5.74) is 1.27. The maximum Gasteiger partial charge on any atom is 0.251 e. The molecule has 0 radical (unpaired) electrons. The van der Waals surface area contributed by atoms with Gasteiger partial charge in [-0.2, -0.15) is 4.31 Å². The largest absolute Gasteiger partial charge is 0.497 e. The van der Waals surface area contributed by atoms with Gasteiger partial charge < -0.3 is 10.1 Å². The smallest absolute Gasteiger partial charge is 0.251 e. The van der Waals surface area contributed by atoms with Crippen molar-refractivity contribution in [3.05, 3.63) is 59.7 Å². The Morgan fingerprint density at radius 3 is 2.39 bits per heavy atom. The Labute approximate surface area is 166 Å². The minimum absolute atomic E-state index is 0.166. The Hall–Kier alpha value is -2.38. The number of methoxy groups -OCH3 is 1. The Bertz CT molecular complexity index is 920. The second kappa shape index (κ2) is 8.75. The highest BCUT2D eigenvalue weighted by atomic mass is 32.2. The van der Waals surface area contributed by atoms with Crippen molar-refractivity contribution in [3.8, 4) is 5.75 Å². The number of nitrogens with zero attached hydrogens (tertiary/aromatic N) is 1. The van der Waals surface area contributed by atoms with Crippen LogP contribution < -0.4 is 10.1 Å². The van der Waals surface area contributed by atoms with Crippen LogP contribution in [0.15, 0.2) is 53.4 Å². The molecule has 1 saturated heterocycles. The van der Waals surface area contributed by atoms with Gasteiger partial charge in [0.25, 0.3) is 5.91 Å². The fourth-order valence-corrected chi connectivity index (χ4v) is 4.87. The minimum Gasteiger partial charge on any atom is -0.497 e. The molecule has 7 heteroatoms. The SMILES string of the molecule is COc1ccc([C@H](C)NC(=O)c2cccc(S(=O)(=O)N3CCCCC3)c2)cc1. The molecule has 2 aromatic carbocycles. The summed E-state index contributed by atoms with van der Waals surface area (Å²) >= 11 is 0. The molecule has 150 valence electrons. The monoisotopic (exact) mass is 402 g/mol. The third-order valence-corrected chi connectivity index (χ3v) is 6.91. The van der Waals surface area contributed by atoms with Gasteiger partial charge in [-0.15, -0.1) is 0 Å². The lowest BCUT2D eigenvalue weighted by atomic mass is 10.1. The number of amides is 1. The van der Waals surface area contributed by atoms with Crippen LogP contribution >= 0.6 is 0 Å².